The van der Waals surface area contributed by atoms with Crippen molar-refractivity contribution in [1.29, 1.82) is 0 Å². The molecule has 30 heavy (non-hydrogen) atoms. The Morgan fingerprint density at radius 3 is 2.67 bits per heavy atom. The van der Waals surface area contributed by atoms with E-state index in [4.69, 9.17) is 23.2 Å². The molecule has 5 nitrogen and oxygen atoms in total. The Morgan fingerprint density at radius 2 is 1.90 bits per heavy atom. The number of halogens is 2. The number of urea groups is 1. The molecule has 3 amide bonds. The van der Waals surface area contributed by atoms with Crippen molar-refractivity contribution in [3.05, 3.63) is 69.3 Å². The molecule has 0 unspecified atom stereocenters. The molecule has 1 N–H and O–H groups in total. The normalized spacial score (nSPS) is 20.8. The number of aromatic amines is 1. The zero-order chi connectivity index (χ0) is 21.0. The van der Waals surface area contributed by atoms with Gasteiger partial charge in [0.15, 0.2) is 0 Å². The Bertz CT molecular complexity index is 1170. The fraction of sp³-hybridized carbons (Fsp3) is 0.304. The van der Waals surface area contributed by atoms with Crippen LogP contribution in [-0.2, 0) is 11.2 Å². The van der Waals surface area contributed by atoms with E-state index in [1.54, 1.807) is 17.0 Å². The summed E-state index contributed by atoms with van der Waals surface area (Å²) in [5.74, 6) is -0.116. The van der Waals surface area contributed by atoms with Crippen molar-refractivity contribution in [3.8, 4) is 0 Å². The largest absolute Gasteiger partial charge is 0.356 e. The molecule has 2 aromatic carbocycles. The first-order valence-electron chi connectivity index (χ1n) is 10.2. The number of amides is 3. The molecule has 1 fully saturated rings. The minimum Gasteiger partial charge on any atom is -0.356 e. The van der Waals surface area contributed by atoms with E-state index in [2.05, 4.69) is 11.1 Å². The number of rotatable bonds is 4. The number of hydrogen-bond acceptors (Lipinski definition) is 2. The molecular weight excluding hydrogens is 421 g/mol. The number of fused-ring (bicyclic) bond motifs is 4. The van der Waals surface area contributed by atoms with Gasteiger partial charge in [-0.15, -0.1) is 0 Å². The van der Waals surface area contributed by atoms with E-state index in [0.29, 0.717) is 23.0 Å². The summed E-state index contributed by atoms with van der Waals surface area (Å²) in [5, 5.41) is 1.97. The van der Waals surface area contributed by atoms with Gasteiger partial charge in [0, 0.05) is 29.6 Å². The van der Waals surface area contributed by atoms with Crippen LogP contribution in [-0.4, -0.2) is 39.3 Å². The van der Waals surface area contributed by atoms with E-state index in [0.717, 1.165) is 40.6 Å². The number of aromatic nitrogens is 1. The summed E-state index contributed by atoms with van der Waals surface area (Å²) in [4.78, 5) is 33.2. The summed E-state index contributed by atoms with van der Waals surface area (Å²) in [6, 6.07) is 12.3. The molecule has 2 aliphatic rings. The third-order valence-electron chi connectivity index (χ3n) is 6.13. The third kappa shape index (κ3) is 2.83. The average Bonchev–Trinajstić information content (AvgIpc) is 3.23. The zero-order valence-corrected chi connectivity index (χ0v) is 18.0. The molecule has 2 atom stereocenters. The molecule has 0 bridgehead atoms. The predicted octanol–water partition coefficient (Wildman–Crippen LogP) is 5.55. The molecule has 5 rings (SSSR count). The van der Waals surface area contributed by atoms with Crippen molar-refractivity contribution in [2.75, 3.05) is 6.54 Å². The summed E-state index contributed by atoms with van der Waals surface area (Å²) in [5.41, 5.74) is 3.85. The minimum absolute atomic E-state index is 0.116. The second-order valence-corrected chi connectivity index (χ2v) is 8.71. The van der Waals surface area contributed by atoms with Crippen LogP contribution in [0.25, 0.3) is 10.9 Å². The lowest BCUT2D eigenvalue weighted by Gasteiger charge is -2.36. The van der Waals surface area contributed by atoms with E-state index < -0.39 is 12.1 Å². The fourth-order valence-electron chi connectivity index (χ4n) is 4.68. The van der Waals surface area contributed by atoms with Crippen LogP contribution in [0.2, 0.25) is 10.0 Å². The fourth-order valence-corrected chi connectivity index (χ4v) is 4.99. The third-order valence-corrected chi connectivity index (χ3v) is 6.87. The van der Waals surface area contributed by atoms with Gasteiger partial charge in [0.2, 0.25) is 0 Å². The molecule has 7 heteroatoms. The van der Waals surface area contributed by atoms with Gasteiger partial charge in [-0.2, -0.15) is 0 Å². The van der Waals surface area contributed by atoms with Crippen molar-refractivity contribution in [1.82, 2.24) is 14.8 Å². The van der Waals surface area contributed by atoms with E-state index in [1.165, 1.54) is 4.90 Å². The van der Waals surface area contributed by atoms with Crippen LogP contribution >= 0.6 is 23.2 Å². The maximum absolute atomic E-state index is 13.4. The molecule has 154 valence electrons. The van der Waals surface area contributed by atoms with Crippen molar-refractivity contribution in [2.24, 2.45) is 0 Å². The van der Waals surface area contributed by atoms with Gasteiger partial charge in [0.25, 0.3) is 5.91 Å². The van der Waals surface area contributed by atoms with E-state index in [-0.39, 0.29) is 11.9 Å². The molecule has 3 aromatic rings. The molecule has 0 spiro atoms. The minimum atomic E-state index is -0.513. The van der Waals surface area contributed by atoms with Crippen molar-refractivity contribution >= 4 is 46.0 Å². The van der Waals surface area contributed by atoms with Crippen molar-refractivity contribution in [2.45, 2.75) is 38.3 Å². The molecule has 0 saturated carbocycles. The van der Waals surface area contributed by atoms with Crippen molar-refractivity contribution in [3.63, 3.8) is 0 Å². The summed E-state index contributed by atoms with van der Waals surface area (Å²) in [6.07, 6.45) is 2.22. The van der Waals surface area contributed by atoms with E-state index >= 15 is 0 Å². The maximum atomic E-state index is 13.4. The molecule has 1 saturated heterocycles. The molecule has 0 radical (unpaired) electrons. The summed E-state index contributed by atoms with van der Waals surface area (Å²) in [7, 11) is 0. The van der Waals surface area contributed by atoms with Crippen LogP contribution in [0, 0.1) is 0 Å². The monoisotopic (exact) mass is 441 g/mol. The molecule has 0 aliphatic carbocycles. The maximum Gasteiger partial charge on any atom is 0.328 e. The van der Waals surface area contributed by atoms with Gasteiger partial charge in [0.1, 0.15) is 12.1 Å². The first-order valence-corrected chi connectivity index (χ1v) is 10.9. The zero-order valence-electron chi connectivity index (χ0n) is 16.5. The van der Waals surface area contributed by atoms with Gasteiger partial charge in [-0.05, 0) is 35.7 Å². The summed E-state index contributed by atoms with van der Waals surface area (Å²) in [6.45, 7) is 2.50. The predicted molar refractivity (Wildman–Crippen MR) is 118 cm³/mol. The number of nitrogens with zero attached hydrogens (tertiary/aromatic N) is 2. The Hall–Kier alpha value is -2.50. The van der Waals surface area contributed by atoms with E-state index in [1.807, 2.05) is 31.2 Å². The highest BCUT2D eigenvalue weighted by Crippen LogP contribution is 2.44. The highest BCUT2D eigenvalue weighted by atomic mass is 35.5. The number of imide groups is 1. The van der Waals surface area contributed by atoms with Crippen LogP contribution in [0.5, 0.6) is 0 Å². The lowest BCUT2D eigenvalue weighted by atomic mass is 9.89. The second-order valence-electron chi connectivity index (χ2n) is 7.89. The average molecular weight is 442 g/mol. The second kappa shape index (κ2) is 7.33. The highest BCUT2D eigenvalue weighted by Gasteiger charge is 2.52. The topological polar surface area (TPSA) is 56.4 Å². The van der Waals surface area contributed by atoms with Crippen LogP contribution in [0.1, 0.15) is 42.6 Å². The number of benzene rings is 2. The van der Waals surface area contributed by atoms with Gasteiger partial charge >= 0.3 is 6.03 Å². The number of carbonyl (C=O) groups is 2. The van der Waals surface area contributed by atoms with Crippen LogP contribution < -0.4 is 0 Å². The molecule has 2 aliphatic heterocycles. The standard InChI is InChI=1S/C23H21Cl2N3O2/c1-2-3-10-27-22(29)19-12-15-14-6-4-5-7-18(14)26-20(15)21(28(19)23(27)30)13-8-9-16(24)17(25)11-13/h4-9,11,19,21,26H,2-3,10,12H2,1H3/t19-,21+/m1/s1. The SMILES string of the molecule is CCCCN1C(=O)[C@H]2Cc3c([nH]c4ccccc34)[C@H](c3ccc(Cl)c(Cl)c3)N2C1=O. The van der Waals surface area contributed by atoms with Crippen LogP contribution in [0.15, 0.2) is 42.5 Å². The van der Waals surface area contributed by atoms with Crippen LogP contribution in [0.4, 0.5) is 4.79 Å². The first kappa shape index (κ1) is 19.5. The smallest absolute Gasteiger partial charge is 0.328 e. The quantitative estimate of drug-likeness (QED) is 0.539. The lowest BCUT2D eigenvalue weighted by Crippen LogP contribution is -2.44. The number of nitrogens with one attached hydrogen (secondary N) is 1. The summed E-state index contributed by atoms with van der Waals surface area (Å²) < 4.78 is 0. The van der Waals surface area contributed by atoms with Gasteiger partial charge in [-0.3, -0.25) is 14.6 Å². The Kier molecular flexibility index (Phi) is 4.75. The molecular formula is C23H21Cl2N3O2. The van der Waals surface area contributed by atoms with Gasteiger partial charge < -0.3 is 4.98 Å². The van der Waals surface area contributed by atoms with Gasteiger partial charge in [-0.1, -0.05) is 60.8 Å². The Morgan fingerprint density at radius 1 is 1.10 bits per heavy atom. The van der Waals surface area contributed by atoms with Crippen molar-refractivity contribution < 1.29 is 9.59 Å². The number of para-hydroxylation sites is 1. The molecule has 3 heterocycles. The number of H-pyrrole nitrogens is 1. The number of carbonyl (C=O) groups excluding carboxylic acids is 2. The Labute approximate surface area is 184 Å². The van der Waals surface area contributed by atoms with Crippen LogP contribution in [0.3, 0.4) is 0 Å². The van der Waals surface area contributed by atoms with Gasteiger partial charge in [-0.25, -0.2) is 4.79 Å². The molecule has 1 aromatic heterocycles. The lowest BCUT2D eigenvalue weighted by molar-refractivity contribution is -0.128. The Balaban J connectivity index is 1.69. The highest BCUT2D eigenvalue weighted by molar-refractivity contribution is 6.42. The summed E-state index contributed by atoms with van der Waals surface area (Å²) >= 11 is 12.5. The van der Waals surface area contributed by atoms with Gasteiger partial charge in [0.05, 0.1) is 10.0 Å². The number of hydrogen-bond donors (Lipinski definition) is 1. The first-order chi connectivity index (χ1) is 14.5. The number of unbranched alkanes of at least 4 members (excludes halogenated alkanes) is 1. The van der Waals surface area contributed by atoms with E-state index in [9.17, 15) is 9.59 Å².